The lowest BCUT2D eigenvalue weighted by molar-refractivity contribution is 0.101. The number of benzene rings is 1. The first kappa shape index (κ1) is 23.2. The number of ketones is 1. The van der Waals surface area contributed by atoms with E-state index in [-0.39, 0.29) is 23.1 Å². The van der Waals surface area contributed by atoms with Crippen LogP contribution >= 0.6 is 0 Å². The van der Waals surface area contributed by atoms with E-state index >= 15 is 0 Å². The van der Waals surface area contributed by atoms with Crippen LogP contribution < -0.4 is 21.5 Å². The highest BCUT2D eigenvalue weighted by Gasteiger charge is 2.25. The highest BCUT2D eigenvalue weighted by Crippen LogP contribution is 2.31. The summed E-state index contributed by atoms with van der Waals surface area (Å²) < 4.78 is 1.64. The lowest BCUT2D eigenvalue weighted by Gasteiger charge is -2.35. The van der Waals surface area contributed by atoms with Gasteiger partial charge in [0.05, 0.1) is 17.6 Å². The number of nitrogens with one attached hydrogen (secondary N) is 1. The van der Waals surface area contributed by atoms with Crippen LogP contribution in [0, 0.1) is 0 Å². The summed E-state index contributed by atoms with van der Waals surface area (Å²) in [7, 11) is 0. The first-order valence-electron chi connectivity index (χ1n) is 12.4. The molecule has 1 aliphatic carbocycles. The third kappa shape index (κ3) is 4.58. The lowest BCUT2D eigenvalue weighted by Crippen LogP contribution is -2.46. The normalized spacial score (nSPS) is 17.3. The van der Waals surface area contributed by atoms with Gasteiger partial charge < -0.3 is 20.9 Å². The molecular weight excluding hydrogens is 444 g/mol. The number of rotatable bonds is 6. The molecular formula is C25H32N8O2. The third-order valence-corrected chi connectivity index (χ3v) is 7.12. The molecule has 0 spiro atoms. The Bertz CT molecular complexity index is 1310. The molecule has 2 fully saturated rings. The molecule has 1 saturated heterocycles. The molecule has 10 heteroatoms. The fourth-order valence-corrected chi connectivity index (χ4v) is 5.10. The Kier molecular flexibility index (Phi) is 6.38. The number of anilines is 4. The molecule has 3 aromatic rings. The van der Waals surface area contributed by atoms with Gasteiger partial charge in [-0.25, -0.2) is 9.97 Å². The van der Waals surface area contributed by atoms with Crippen molar-refractivity contribution in [1.29, 1.82) is 0 Å². The van der Waals surface area contributed by atoms with Crippen LogP contribution in [0.1, 0.15) is 56.1 Å². The van der Waals surface area contributed by atoms with Crippen molar-refractivity contribution < 1.29 is 4.79 Å². The molecule has 1 saturated carbocycles. The largest absolute Gasteiger partial charge is 0.397 e. The molecule has 3 heterocycles. The molecule has 1 aliphatic heterocycles. The van der Waals surface area contributed by atoms with E-state index in [0.717, 1.165) is 64.1 Å². The summed E-state index contributed by atoms with van der Waals surface area (Å²) in [6, 6.07) is 5.97. The predicted octanol–water partition coefficient (Wildman–Crippen LogP) is 2.97. The van der Waals surface area contributed by atoms with Crippen LogP contribution in [0.3, 0.4) is 0 Å². The van der Waals surface area contributed by atoms with Gasteiger partial charge in [0.1, 0.15) is 5.52 Å². The number of fused-ring (bicyclic) bond motifs is 1. The first-order chi connectivity index (χ1) is 16.9. The smallest absolute Gasteiger partial charge is 0.282 e. The highest BCUT2D eigenvalue weighted by molar-refractivity contribution is 5.93. The first-order valence-corrected chi connectivity index (χ1v) is 12.4. The third-order valence-electron chi connectivity index (χ3n) is 7.12. The molecule has 0 radical (unpaired) electrons. The van der Waals surface area contributed by atoms with E-state index in [1.165, 1.54) is 6.92 Å². The Morgan fingerprint density at radius 2 is 1.89 bits per heavy atom. The van der Waals surface area contributed by atoms with Gasteiger partial charge in [-0.15, -0.1) is 0 Å². The van der Waals surface area contributed by atoms with Crippen LogP contribution in [0.25, 0.3) is 11.2 Å². The van der Waals surface area contributed by atoms with E-state index in [9.17, 15) is 9.59 Å². The average Bonchev–Trinajstić information content (AvgIpc) is 3.39. The van der Waals surface area contributed by atoms with Crippen molar-refractivity contribution in [3.05, 3.63) is 40.4 Å². The number of Topliss-reactive ketones (excluding diaryl/α,β-unsaturated/α-hetero) is 1. The van der Waals surface area contributed by atoms with Crippen molar-refractivity contribution >= 4 is 40.0 Å². The topological polar surface area (TPSA) is 122 Å². The van der Waals surface area contributed by atoms with E-state index < -0.39 is 0 Å². The molecule has 0 amide bonds. The van der Waals surface area contributed by atoms with Gasteiger partial charge in [0.2, 0.25) is 5.95 Å². The van der Waals surface area contributed by atoms with Gasteiger partial charge in [-0.3, -0.25) is 14.2 Å². The van der Waals surface area contributed by atoms with Gasteiger partial charge in [-0.05, 0) is 37.6 Å². The molecule has 0 atom stereocenters. The fraction of sp³-hybridized carbons (Fsp3) is 0.480. The summed E-state index contributed by atoms with van der Waals surface area (Å²) in [6.07, 6.45) is 5.40. The molecule has 184 valence electrons. The van der Waals surface area contributed by atoms with E-state index in [1.54, 1.807) is 10.8 Å². The van der Waals surface area contributed by atoms with Gasteiger partial charge in [-0.1, -0.05) is 19.8 Å². The van der Waals surface area contributed by atoms with E-state index in [0.29, 0.717) is 28.5 Å². The SMILES string of the molecule is CCN1CCN(c2ccc(Nc3ncc4nc(C(C)=O)c(=O)n(C5CCCC5)c4n3)c(N)c2)CC1. The van der Waals surface area contributed by atoms with Crippen LogP contribution in [0.5, 0.6) is 0 Å². The van der Waals surface area contributed by atoms with Crippen molar-refractivity contribution in [1.82, 2.24) is 24.4 Å². The van der Waals surface area contributed by atoms with E-state index in [2.05, 4.69) is 43.1 Å². The number of aromatic nitrogens is 4. The number of hydrogen-bond donors (Lipinski definition) is 2. The van der Waals surface area contributed by atoms with Crippen molar-refractivity contribution in [2.45, 2.75) is 45.6 Å². The predicted molar refractivity (Wildman–Crippen MR) is 138 cm³/mol. The summed E-state index contributed by atoms with van der Waals surface area (Å²) in [6.45, 7) is 8.66. The maximum atomic E-state index is 13.1. The maximum absolute atomic E-state index is 13.1. The van der Waals surface area contributed by atoms with E-state index in [4.69, 9.17) is 5.73 Å². The van der Waals surface area contributed by atoms with Crippen LogP contribution in [0.15, 0.2) is 29.2 Å². The Balaban J connectivity index is 1.45. The van der Waals surface area contributed by atoms with E-state index in [1.807, 2.05) is 12.1 Å². The maximum Gasteiger partial charge on any atom is 0.282 e. The number of carbonyl (C=O) groups excluding carboxylic acids is 1. The zero-order valence-electron chi connectivity index (χ0n) is 20.3. The Labute approximate surface area is 204 Å². The molecule has 0 bridgehead atoms. The van der Waals surface area contributed by atoms with Gasteiger partial charge in [-0.2, -0.15) is 4.98 Å². The minimum atomic E-state index is -0.381. The second-order valence-corrected chi connectivity index (χ2v) is 9.35. The van der Waals surface area contributed by atoms with Crippen LogP contribution in [-0.2, 0) is 0 Å². The molecule has 5 rings (SSSR count). The Morgan fingerprint density at radius 3 is 2.54 bits per heavy atom. The quantitative estimate of drug-likeness (QED) is 0.408. The minimum Gasteiger partial charge on any atom is -0.397 e. The van der Waals surface area contributed by atoms with Crippen LogP contribution in [0.4, 0.5) is 23.0 Å². The average molecular weight is 477 g/mol. The number of likely N-dealkylation sites (N-methyl/N-ethyl adjacent to an activating group) is 1. The molecule has 10 nitrogen and oxygen atoms in total. The summed E-state index contributed by atoms with van der Waals surface area (Å²) in [5.41, 5.74) is 9.21. The number of nitrogen functional groups attached to an aromatic ring is 1. The number of nitrogens with zero attached hydrogens (tertiary/aromatic N) is 6. The van der Waals surface area contributed by atoms with Gasteiger partial charge in [0, 0.05) is 44.8 Å². The Hall–Kier alpha value is -3.53. The van der Waals surface area contributed by atoms with Crippen molar-refractivity contribution in [2.24, 2.45) is 0 Å². The summed E-state index contributed by atoms with van der Waals surface area (Å²) in [4.78, 5) is 43.3. The zero-order chi connectivity index (χ0) is 24.5. The van der Waals surface area contributed by atoms with Crippen molar-refractivity contribution in [3.63, 3.8) is 0 Å². The van der Waals surface area contributed by atoms with Crippen molar-refractivity contribution in [3.8, 4) is 0 Å². The van der Waals surface area contributed by atoms with Gasteiger partial charge >= 0.3 is 0 Å². The number of carbonyl (C=O) groups is 1. The molecule has 2 aliphatic rings. The molecule has 35 heavy (non-hydrogen) atoms. The monoisotopic (exact) mass is 476 g/mol. The van der Waals surface area contributed by atoms with Crippen LogP contribution in [-0.4, -0.2) is 62.9 Å². The standard InChI is InChI=1S/C25H32N8O2/c1-3-31-10-12-32(13-11-31)18-8-9-20(19(26)14-18)29-25-27-15-21-23(30-25)33(17-6-4-5-7-17)24(35)22(28-21)16(2)34/h8-9,14-15,17H,3-7,10-13,26H2,1-2H3,(H,27,29,30). The summed E-state index contributed by atoms with van der Waals surface area (Å²) >= 11 is 0. The van der Waals surface area contributed by atoms with Gasteiger partial charge in [0.25, 0.3) is 5.56 Å². The van der Waals surface area contributed by atoms with Gasteiger partial charge in [0.15, 0.2) is 17.1 Å². The minimum absolute atomic E-state index is 0.00591. The zero-order valence-corrected chi connectivity index (χ0v) is 20.3. The second kappa shape index (κ2) is 9.61. The molecule has 0 unspecified atom stereocenters. The highest BCUT2D eigenvalue weighted by atomic mass is 16.1. The molecule has 1 aromatic carbocycles. The number of nitrogens with two attached hydrogens (primary N) is 1. The number of piperazine rings is 1. The van der Waals surface area contributed by atoms with Crippen molar-refractivity contribution in [2.75, 3.05) is 48.7 Å². The lowest BCUT2D eigenvalue weighted by atomic mass is 10.2. The second-order valence-electron chi connectivity index (χ2n) is 9.35. The Morgan fingerprint density at radius 1 is 1.14 bits per heavy atom. The summed E-state index contributed by atoms with van der Waals surface area (Å²) in [5.74, 6) is -0.0214. The van der Waals surface area contributed by atoms with Crippen LogP contribution in [0.2, 0.25) is 0 Å². The molecule has 3 N–H and O–H groups in total. The number of hydrogen-bond acceptors (Lipinski definition) is 9. The fourth-order valence-electron chi connectivity index (χ4n) is 5.10. The summed E-state index contributed by atoms with van der Waals surface area (Å²) in [5, 5.41) is 3.20. The molecule has 2 aromatic heterocycles.